The molecule has 8 heteroatoms. The van der Waals surface area contributed by atoms with Crippen LogP contribution >= 0.6 is 0 Å². The van der Waals surface area contributed by atoms with Crippen LogP contribution in [0.5, 0.6) is 5.75 Å². The first-order chi connectivity index (χ1) is 12.6. The molecule has 0 amide bonds. The summed E-state index contributed by atoms with van der Waals surface area (Å²) in [5, 5.41) is 10.2. The number of halogens is 2. The Morgan fingerprint density at radius 1 is 1.15 bits per heavy atom. The van der Waals surface area contributed by atoms with Gasteiger partial charge in [0.25, 0.3) is 0 Å². The van der Waals surface area contributed by atoms with Crippen LogP contribution in [0.1, 0.15) is 23.0 Å². The fourth-order valence-corrected chi connectivity index (χ4v) is 2.38. The molecule has 6 nitrogen and oxygen atoms in total. The van der Waals surface area contributed by atoms with E-state index >= 15 is 0 Å². The van der Waals surface area contributed by atoms with Crippen molar-refractivity contribution >= 4 is 5.97 Å². The first-order valence-corrected chi connectivity index (χ1v) is 7.84. The molecule has 2 aromatic carbocycles. The highest BCUT2D eigenvalue weighted by Crippen LogP contribution is 2.26. The number of rotatable bonds is 6. The van der Waals surface area contributed by atoms with Crippen molar-refractivity contribution < 1.29 is 23.0 Å². The van der Waals surface area contributed by atoms with E-state index in [-0.39, 0.29) is 24.7 Å². The fourth-order valence-electron chi connectivity index (χ4n) is 2.38. The van der Waals surface area contributed by atoms with E-state index in [0.29, 0.717) is 16.8 Å². The third-order valence-corrected chi connectivity index (χ3v) is 3.57. The first kappa shape index (κ1) is 17.5. The van der Waals surface area contributed by atoms with Crippen molar-refractivity contribution in [3.05, 3.63) is 65.4 Å². The second-order valence-electron chi connectivity index (χ2n) is 5.26. The summed E-state index contributed by atoms with van der Waals surface area (Å²) in [4.78, 5) is 12.0. The molecule has 3 aromatic rings. The molecule has 0 atom stereocenters. The van der Waals surface area contributed by atoms with Crippen molar-refractivity contribution in [3.63, 3.8) is 0 Å². The second kappa shape index (κ2) is 7.73. The number of carbonyl (C=O) groups excluding carboxylic acids is 1. The van der Waals surface area contributed by atoms with E-state index < -0.39 is 17.6 Å². The molecule has 0 saturated carbocycles. The molecule has 0 aliphatic heterocycles. The number of carbonyl (C=O) groups is 1. The summed E-state index contributed by atoms with van der Waals surface area (Å²) in [7, 11) is 0. The molecule has 0 fully saturated rings. The van der Waals surface area contributed by atoms with Gasteiger partial charge in [-0.05, 0) is 24.6 Å². The molecular weight excluding hydrogens is 344 g/mol. The van der Waals surface area contributed by atoms with Crippen LogP contribution in [0.25, 0.3) is 11.3 Å². The topological polar surface area (TPSA) is 77.1 Å². The molecule has 0 aliphatic rings. The van der Waals surface area contributed by atoms with E-state index in [4.69, 9.17) is 9.47 Å². The number of hydrogen-bond acceptors (Lipinski definition) is 5. The smallest absolute Gasteiger partial charge is 0.361 e. The second-order valence-corrected chi connectivity index (χ2v) is 5.26. The Morgan fingerprint density at radius 3 is 2.77 bits per heavy atom. The van der Waals surface area contributed by atoms with Gasteiger partial charge >= 0.3 is 5.97 Å². The Bertz CT molecular complexity index is 928. The zero-order valence-electron chi connectivity index (χ0n) is 13.8. The van der Waals surface area contributed by atoms with Gasteiger partial charge in [0, 0.05) is 11.6 Å². The number of nitrogens with zero attached hydrogens (tertiary/aromatic N) is 2. The summed E-state index contributed by atoms with van der Waals surface area (Å²) in [5.74, 6) is -2.08. The zero-order chi connectivity index (χ0) is 18.5. The number of aromatic nitrogens is 3. The first-order valence-electron chi connectivity index (χ1n) is 7.84. The van der Waals surface area contributed by atoms with Crippen molar-refractivity contribution in [2.45, 2.75) is 13.5 Å². The van der Waals surface area contributed by atoms with Crippen LogP contribution in [0, 0.1) is 11.6 Å². The zero-order valence-corrected chi connectivity index (χ0v) is 13.8. The predicted octanol–water partition coefficient (Wildman–Crippen LogP) is 3.51. The predicted molar refractivity (Wildman–Crippen MR) is 88.5 cm³/mol. The summed E-state index contributed by atoms with van der Waals surface area (Å²) in [5.41, 5.74) is 1.52. The van der Waals surface area contributed by atoms with Gasteiger partial charge in [0.15, 0.2) is 17.3 Å². The molecular formula is C18H15F2N3O3. The Morgan fingerprint density at radius 2 is 1.96 bits per heavy atom. The summed E-state index contributed by atoms with van der Waals surface area (Å²) in [6, 6.07) is 9.94. The number of hydrogen-bond donors (Lipinski definition) is 1. The lowest BCUT2D eigenvalue weighted by Crippen LogP contribution is -2.08. The van der Waals surface area contributed by atoms with Crippen LogP contribution in [-0.4, -0.2) is 28.0 Å². The summed E-state index contributed by atoms with van der Waals surface area (Å²) in [6.45, 7) is 1.84. The highest BCUT2D eigenvalue weighted by molar-refractivity contribution is 5.94. The fraction of sp³-hybridized carbons (Fsp3) is 0.167. The van der Waals surface area contributed by atoms with E-state index in [1.54, 1.807) is 31.2 Å². The third kappa shape index (κ3) is 3.69. The third-order valence-electron chi connectivity index (χ3n) is 3.57. The van der Waals surface area contributed by atoms with Crippen LogP contribution < -0.4 is 4.74 Å². The molecule has 134 valence electrons. The number of ether oxygens (including phenoxy) is 2. The SMILES string of the molecule is CCOC(=O)c1n[nH]nc1-c1ccccc1COc1cc(F)ccc1F. The van der Waals surface area contributed by atoms with Crippen molar-refractivity contribution in [1.29, 1.82) is 0 Å². The number of esters is 1. The van der Waals surface area contributed by atoms with Gasteiger partial charge in [-0.1, -0.05) is 24.3 Å². The van der Waals surface area contributed by atoms with Crippen molar-refractivity contribution in [2.75, 3.05) is 6.61 Å². The minimum absolute atomic E-state index is 0.0382. The largest absolute Gasteiger partial charge is 0.486 e. The van der Waals surface area contributed by atoms with Crippen molar-refractivity contribution in [3.8, 4) is 17.0 Å². The van der Waals surface area contributed by atoms with Crippen molar-refractivity contribution in [2.24, 2.45) is 0 Å². The average Bonchev–Trinajstić information content (AvgIpc) is 3.12. The van der Waals surface area contributed by atoms with E-state index in [1.165, 1.54) is 0 Å². The van der Waals surface area contributed by atoms with Gasteiger partial charge in [-0.15, -0.1) is 5.10 Å². The number of nitrogens with one attached hydrogen (secondary N) is 1. The maximum atomic E-state index is 13.7. The van der Waals surface area contributed by atoms with Gasteiger partial charge in [0.05, 0.1) is 6.61 Å². The quantitative estimate of drug-likeness (QED) is 0.682. The molecule has 3 rings (SSSR count). The van der Waals surface area contributed by atoms with Gasteiger partial charge in [-0.25, -0.2) is 13.6 Å². The number of H-pyrrole nitrogens is 1. The van der Waals surface area contributed by atoms with Crippen LogP contribution in [0.3, 0.4) is 0 Å². The maximum absolute atomic E-state index is 13.7. The molecule has 0 radical (unpaired) electrons. The van der Waals surface area contributed by atoms with E-state index in [1.807, 2.05) is 0 Å². The standard InChI is InChI=1S/C18H15F2N3O3/c1-2-25-18(24)17-16(21-23-22-17)13-6-4-3-5-11(13)10-26-15-9-12(19)7-8-14(15)20/h3-9H,2,10H2,1H3,(H,21,22,23). The average molecular weight is 359 g/mol. The van der Waals surface area contributed by atoms with Gasteiger partial charge in [-0.3, -0.25) is 0 Å². The Hall–Kier alpha value is -3.29. The van der Waals surface area contributed by atoms with Gasteiger partial charge in [0.2, 0.25) is 0 Å². The minimum Gasteiger partial charge on any atom is -0.486 e. The Labute approximate surface area is 147 Å². The highest BCUT2D eigenvalue weighted by atomic mass is 19.1. The Balaban J connectivity index is 1.89. The summed E-state index contributed by atoms with van der Waals surface area (Å²) < 4.78 is 37.4. The van der Waals surface area contributed by atoms with Crippen molar-refractivity contribution in [1.82, 2.24) is 15.4 Å². The molecule has 0 bridgehead atoms. The molecule has 26 heavy (non-hydrogen) atoms. The molecule has 1 aromatic heterocycles. The Kier molecular flexibility index (Phi) is 5.21. The number of aromatic amines is 1. The number of benzene rings is 2. The lowest BCUT2D eigenvalue weighted by molar-refractivity contribution is 0.0520. The van der Waals surface area contributed by atoms with Gasteiger partial charge in [0.1, 0.15) is 18.1 Å². The van der Waals surface area contributed by atoms with Crippen LogP contribution in [0.4, 0.5) is 8.78 Å². The van der Waals surface area contributed by atoms with Gasteiger partial charge < -0.3 is 9.47 Å². The minimum atomic E-state index is -0.669. The van der Waals surface area contributed by atoms with Crippen LogP contribution in [-0.2, 0) is 11.3 Å². The lowest BCUT2D eigenvalue weighted by atomic mass is 10.0. The molecule has 1 N–H and O–H groups in total. The molecule has 0 unspecified atom stereocenters. The van der Waals surface area contributed by atoms with Crippen LogP contribution in [0.15, 0.2) is 42.5 Å². The maximum Gasteiger partial charge on any atom is 0.361 e. The van der Waals surface area contributed by atoms with E-state index in [0.717, 1.165) is 18.2 Å². The molecule has 1 heterocycles. The van der Waals surface area contributed by atoms with Gasteiger partial charge in [-0.2, -0.15) is 10.3 Å². The molecule has 0 spiro atoms. The highest BCUT2D eigenvalue weighted by Gasteiger charge is 2.21. The van der Waals surface area contributed by atoms with E-state index in [2.05, 4.69) is 15.4 Å². The monoisotopic (exact) mass is 359 g/mol. The summed E-state index contributed by atoms with van der Waals surface area (Å²) >= 11 is 0. The summed E-state index contributed by atoms with van der Waals surface area (Å²) in [6.07, 6.45) is 0. The molecule has 0 aliphatic carbocycles. The lowest BCUT2D eigenvalue weighted by Gasteiger charge is -2.11. The van der Waals surface area contributed by atoms with Crippen LogP contribution in [0.2, 0.25) is 0 Å². The molecule has 0 saturated heterocycles. The normalized spacial score (nSPS) is 10.6. The van der Waals surface area contributed by atoms with E-state index in [9.17, 15) is 13.6 Å².